The normalized spacial score (nSPS) is 24.5. The third-order valence-corrected chi connectivity index (χ3v) is 4.52. The van der Waals surface area contributed by atoms with Gasteiger partial charge in [0.05, 0.1) is 0 Å². The van der Waals surface area contributed by atoms with E-state index < -0.39 is 0 Å². The standard InChI is InChI=1S/C16H21NO2/c17-15(18)10-12-11-16(8-4-1-5-9-16)19-14-7-3-2-6-13(12)14/h2-3,6-7,12H,1,4-5,8-11H2,(H2,17,18). The minimum atomic E-state index is -0.215. The summed E-state index contributed by atoms with van der Waals surface area (Å²) in [6.45, 7) is 0. The number of hydrogen-bond donors (Lipinski definition) is 1. The quantitative estimate of drug-likeness (QED) is 0.887. The SMILES string of the molecule is NC(=O)CC1CC2(CCCCC2)Oc2ccccc21. The zero-order valence-corrected chi connectivity index (χ0v) is 11.2. The molecule has 2 N–H and O–H groups in total. The van der Waals surface area contributed by atoms with Crippen molar-refractivity contribution in [3.05, 3.63) is 29.8 Å². The molecule has 0 bridgehead atoms. The summed E-state index contributed by atoms with van der Waals surface area (Å²) in [5.41, 5.74) is 6.52. The summed E-state index contributed by atoms with van der Waals surface area (Å²) in [5.74, 6) is 0.968. The maximum Gasteiger partial charge on any atom is 0.218 e. The largest absolute Gasteiger partial charge is 0.487 e. The Kier molecular flexibility index (Phi) is 3.21. The second-order valence-corrected chi connectivity index (χ2v) is 5.96. The zero-order chi connectivity index (χ0) is 13.3. The Bertz CT molecular complexity index is 477. The van der Waals surface area contributed by atoms with Gasteiger partial charge in [-0.1, -0.05) is 24.6 Å². The molecule has 1 atom stereocenters. The van der Waals surface area contributed by atoms with E-state index in [0.29, 0.717) is 6.42 Å². The van der Waals surface area contributed by atoms with Crippen LogP contribution >= 0.6 is 0 Å². The van der Waals surface area contributed by atoms with Gasteiger partial charge in [0, 0.05) is 12.3 Å². The molecule has 19 heavy (non-hydrogen) atoms. The van der Waals surface area contributed by atoms with Gasteiger partial charge in [-0.2, -0.15) is 0 Å². The fraction of sp³-hybridized carbons (Fsp3) is 0.562. The van der Waals surface area contributed by atoms with E-state index in [1.807, 2.05) is 18.2 Å². The maximum absolute atomic E-state index is 11.3. The monoisotopic (exact) mass is 259 g/mol. The van der Waals surface area contributed by atoms with E-state index in [9.17, 15) is 4.79 Å². The van der Waals surface area contributed by atoms with Gasteiger partial charge in [0.25, 0.3) is 0 Å². The lowest BCUT2D eigenvalue weighted by molar-refractivity contribution is -0.118. The number of amides is 1. The first-order valence-corrected chi connectivity index (χ1v) is 7.25. The molecule has 3 nitrogen and oxygen atoms in total. The molecular formula is C16H21NO2. The van der Waals surface area contributed by atoms with Gasteiger partial charge in [0.1, 0.15) is 11.4 Å². The summed E-state index contributed by atoms with van der Waals surface area (Å²) in [4.78, 5) is 11.3. The predicted octanol–water partition coefficient (Wildman–Crippen LogP) is 3.13. The molecule has 3 rings (SSSR count). The Morgan fingerprint density at radius 3 is 2.74 bits per heavy atom. The zero-order valence-electron chi connectivity index (χ0n) is 11.2. The first-order chi connectivity index (χ1) is 9.19. The average molecular weight is 259 g/mol. The van der Waals surface area contributed by atoms with Crippen LogP contribution in [0.3, 0.4) is 0 Å². The summed E-state index contributed by atoms with van der Waals surface area (Å²) in [6.07, 6.45) is 7.34. The predicted molar refractivity (Wildman–Crippen MR) is 74.1 cm³/mol. The van der Waals surface area contributed by atoms with Gasteiger partial charge in [-0.25, -0.2) is 0 Å². The molecule has 1 spiro atoms. The van der Waals surface area contributed by atoms with E-state index >= 15 is 0 Å². The molecule has 0 radical (unpaired) electrons. The lowest BCUT2D eigenvalue weighted by Crippen LogP contribution is -2.43. The molecule has 1 aromatic rings. The van der Waals surface area contributed by atoms with E-state index in [1.54, 1.807) is 0 Å². The molecule has 102 valence electrons. The topological polar surface area (TPSA) is 52.3 Å². The number of para-hydroxylation sites is 1. The van der Waals surface area contributed by atoms with Crippen molar-refractivity contribution in [1.82, 2.24) is 0 Å². The summed E-state index contributed by atoms with van der Waals surface area (Å²) >= 11 is 0. The van der Waals surface area contributed by atoms with Gasteiger partial charge in [0.15, 0.2) is 0 Å². The van der Waals surface area contributed by atoms with Crippen LogP contribution in [0.2, 0.25) is 0 Å². The highest BCUT2D eigenvalue weighted by molar-refractivity contribution is 5.75. The molecule has 1 unspecified atom stereocenters. The number of carbonyl (C=O) groups is 1. The first kappa shape index (κ1) is 12.5. The number of carbonyl (C=O) groups excluding carboxylic acids is 1. The van der Waals surface area contributed by atoms with Crippen molar-refractivity contribution in [2.75, 3.05) is 0 Å². The maximum atomic E-state index is 11.3. The van der Waals surface area contributed by atoms with E-state index in [4.69, 9.17) is 10.5 Å². The van der Waals surface area contributed by atoms with Crippen molar-refractivity contribution in [2.45, 2.75) is 56.5 Å². The summed E-state index contributed by atoms with van der Waals surface area (Å²) in [6, 6.07) is 8.11. The Morgan fingerprint density at radius 2 is 2.00 bits per heavy atom. The molecule has 1 saturated carbocycles. The summed E-state index contributed by atoms with van der Waals surface area (Å²) in [7, 11) is 0. The van der Waals surface area contributed by atoms with Crippen LogP contribution in [-0.4, -0.2) is 11.5 Å². The Morgan fingerprint density at radius 1 is 1.26 bits per heavy atom. The lowest BCUT2D eigenvalue weighted by Gasteiger charge is -2.44. The highest BCUT2D eigenvalue weighted by Gasteiger charge is 2.41. The van der Waals surface area contributed by atoms with Gasteiger partial charge in [-0.15, -0.1) is 0 Å². The van der Waals surface area contributed by atoms with Crippen LogP contribution in [0.1, 0.15) is 56.4 Å². The number of ether oxygens (including phenoxy) is 1. The minimum Gasteiger partial charge on any atom is -0.487 e. The smallest absolute Gasteiger partial charge is 0.218 e. The third kappa shape index (κ3) is 2.46. The fourth-order valence-corrected chi connectivity index (χ4v) is 3.67. The molecule has 0 aromatic heterocycles. The molecule has 1 fully saturated rings. The second kappa shape index (κ2) is 4.87. The minimum absolute atomic E-state index is 0.0489. The second-order valence-electron chi connectivity index (χ2n) is 5.96. The highest BCUT2D eigenvalue weighted by atomic mass is 16.5. The number of rotatable bonds is 2. The van der Waals surface area contributed by atoms with Crippen molar-refractivity contribution < 1.29 is 9.53 Å². The summed E-state index contributed by atoms with van der Waals surface area (Å²) < 4.78 is 6.32. The first-order valence-electron chi connectivity index (χ1n) is 7.25. The molecule has 1 aliphatic carbocycles. The number of benzene rings is 1. The van der Waals surface area contributed by atoms with Crippen LogP contribution in [0.15, 0.2) is 24.3 Å². The third-order valence-electron chi connectivity index (χ3n) is 4.52. The molecular weight excluding hydrogens is 238 g/mol. The van der Waals surface area contributed by atoms with Crippen LogP contribution in [0.25, 0.3) is 0 Å². The Hall–Kier alpha value is -1.51. The molecule has 1 aromatic carbocycles. The van der Waals surface area contributed by atoms with Crippen LogP contribution in [0.5, 0.6) is 5.75 Å². The van der Waals surface area contributed by atoms with Gasteiger partial charge in [-0.05, 0) is 43.7 Å². The number of fused-ring (bicyclic) bond motifs is 1. The number of nitrogens with two attached hydrogens (primary N) is 1. The summed E-state index contributed by atoms with van der Waals surface area (Å²) in [5, 5.41) is 0. The van der Waals surface area contributed by atoms with Gasteiger partial charge in [-0.3, -0.25) is 4.79 Å². The number of hydrogen-bond acceptors (Lipinski definition) is 2. The number of primary amides is 1. The van der Waals surface area contributed by atoms with E-state index in [2.05, 4.69) is 6.07 Å². The molecule has 1 heterocycles. The average Bonchev–Trinajstić information content (AvgIpc) is 2.39. The van der Waals surface area contributed by atoms with Crippen molar-refractivity contribution in [2.24, 2.45) is 5.73 Å². The molecule has 0 saturated heterocycles. The van der Waals surface area contributed by atoms with E-state index in [-0.39, 0.29) is 17.4 Å². The Balaban J connectivity index is 1.93. The highest BCUT2D eigenvalue weighted by Crippen LogP contribution is 2.47. The van der Waals surface area contributed by atoms with E-state index in [0.717, 1.165) is 30.6 Å². The Labute approximate surface area is 114 Å². The molecule has 1 aliphatic heterocycles. The van der Waals surface area contributed by atoms with Crippen LogP contribution in [-0.2, 0) is 4.79 Å². The van der Waals surface area contributed by atoms with Gasteiger partial charge >= 0.3 is 0 Å². The van der Waals surface area contributed by atoms with Crippen molar-refractivity contribution in [3.8, 4) is 5.75 Å². The molecule has 1 amide bonds. The fourth-order valence-electron chi connectivity index (χ4n) is 3.67. The van der Waals surface area contributed by atoms with E-state index in [1.165, 1.54) is 19.3 Å². The van der Waals surface area contributed by atoms with Crippen LogP contribution in [0, 0.1) is 0 Å². The van der Waals surface area contributed by atoms with Crippen LogP contribution in [0.4, 0.5) is 0 Å². The van der Waals surface area contributed by atoms with Gasteiger partial charge < -0.3 is 10.5 Å². The van der Waals surface area contributed by atoms with Crippen molar-refractivity contribution in [1.29, 1.82) is 0 Å². The van der Waals surface area contributed by atoms with Crippen LogP contribution < -0.4 is 10.5 Å². The molecule has 3 heteroatoms. The van der Waals surface area contributed by atoms with Crippen molar-refractivity contribution in [3.63, 3.8) is 0 Å². The van der Waals surface area contributed by atoms with Crippen molar-refractivity contribution >= 4 is 5.91 Å². The molecule has 2 aliphatic rings. The lowest BCUT2D eigenvalue weighted by atomic mass is 9.73. The van der Waals surface area contributed by atoms with Gasteiger partial charge in [0.2, 0.25) is 5.91 Å².